The summed E-state index contributed by atoms with van der Waals surface area (Å²) >= 11 is 0. The molecule has 0 radical (unpaired) electrons. The van der Waals surface area contributed by atoms with Crippen molar-refractivity contribution in [3.8, 4) is 5.75 Å². The number of nitrogens with zero attached hydrogens (tertiary/aromatic N) is 1. The number of rotatable bonds is 4. The summed E-state index contributed by atoms with van der Waals surface area (Å²) in [7, 11) is 0. The van der Waals surface area contributed by atoms with Crippen molar-refractivity contribution in [1.29, 1.82) is 0 Å². The van der Waals surface area contributed by atoms with E-state index in [-0.39, 0.29) is 17.2 Å². The highest BCUT2D eigenvalue weighted by Gasteiger charge is 2.31. The van der Waals surface area contributed by atoms with Crippen molar-refractivity contribution >= 4 is 28.5 Å². The van der Waals surface area contributed by atoms with Crippen LogP contribution in [0.2, 0.25) is 0 Å². The van der Waals surface area contributed by atoms with Crippen molar-refractivity contribution < 1.29 is 27.5 Å². The number of esters is 1. The maximum Gasteiger partial charge on any atom is 0.416 e. The number of anilines is 1. The highest BCUT2D eigenvalue weighted by Crippen LogP contribution is 2.32. The van der Waals surface area contributed by atoms with Gasteiger partial charge in [0.05, 0.1) is 22.3 Å². The molecule has 8 heteroatoms. The van der Waals surface area contributed by atoms with Crippen LogP contribution < -0.4 is 10.1 Å². The topological polar surface area (TPSA) is 68.3 Å². The third-order valence-electron chi connectivity index (χ3n) is 4.92. The Morgan fingerprint density at radius 3 is 2.39 bits per heavy atom. The number of hydrogen-bond donors (Lipinski definition) is 1. The molecule has 0 bridgehead atoms. The fourth-order valence-electron chi connectivity index (χ4n) is 3.22. The lowest BCUT2D eigenvalue weighted by Crippen LogP contribution is -2.13. The lowest BCUT2D eigenvalue weighted by molar-refractivity contribution is -0.137. The molecule has 0 spiro atoms. The zero-order valence-corrected chi connectivity index (χ0v) is 17.3. The van der Waals surface area contributed by atoms with E-state index in [4.69, 9.17) is 4.74 Å². The number of aromatic nitrogens is 1. The van der Waals surface area contributed by atoms with Gasteiger partial charge in [0.1, 0.15) is 5.75 Å². The summed E-state index contributed by atoms with van der Waals surface area (Å²) in [5.74, 6) is -1.17. The fourth-order valence-corrected chi connectivity index (χ4v) is 3.22. The Kier molecular flexibility index (Phi) is 5.83. The molecule has 33 heavy (non-hydrogen) atoms. The molecule has 1 heterocycles. The first kappa shape index (κ1) is 22.0. The molecule has 4 rings (SSSR count). The summed E-state index contributed by atoms with van der Waals surface area (Å²) < 4.78 is 44.3. The number of carbonyl (C=O) groups is 2. The number of fused-ring (bicyclic) bond motifs is 1. The van der Waals surface area contributed by atoms with E-state index < -0.39 is 17.7 Å². The smallest absolute Gasteiger partial charge is 0.416 e. The number of hydrogen-bond acceptors (Lipinski definition) is 4. The van der Waals surface area contributed by atoms with Crippen LogP contribution in [0.15, 0.2) is 79.0 Å². The van der Waals surface area contributed by atoms with Crippen LogP contribution in [0, 0.1) is 6.92 Å². The maximum absolute atomic E-state index is 13.0. The minimum absolute atomic E-state index is 0.105. The molecule has 0 saturated heterocycles. The summed E-state index contributed by atoms with van der Waals surface area (Å²) in [6.45, 7) is 1.92. The molecule has 0 aliphatic heterocycles. The summed E-state index contributed by atoms with van der Waals surface area (Å²) in [6.07, 6.45) is -3.06. The van der Waals surface area contributed by atoms with Gasteiger partial charge in [-0.3, -0.25) is 9.78 Å². The number of benzene rings is 3. The van der Waals surface area contributed by atoms with Gasteiger partial charge in [0, 0.05) is 17.1 Å². The number of amides is 1. The molecule has 0 aliphatic carbocycles. The second-order valence-corrected chi connectivity index (χ2v) is 7.30. The van der Waals surface area contributed by atoms with Gasteiger partial charge in [0.15, 0.2) is 0 Å². The predicted molar refractivity (Wildman–Crippen MR) is 117 cm³/mol. The molecule has 0 saturated carbocycles. The normalized spacial score (nSPS) is 11.3. The third-order valence-corrected chi connectivity index (χ3v) is 4.92. The van der Waals surface area contributed by atoms with E-state index in [1.165, 1.54) is 24.4 Å². The average molecular weight is 450 g/mol. The predicted octanol–water partition coefficient (Wildman–Crippen LogP) is 6.03. The zero-order valence-electron chi connectivity index (χ0n) is 17.3. The minimum atomic E-state index is -4.58. The minimum Gasteiger partial charge on any atom is -0.422 e. The van der Waals surface area contributed by atoms with E-state index in [1.807, 2.05) is 19.1 Å². The summed E-state index contributed by atoms with van der Waals surface area (Å²) in [5.41, 5.74) is 1.06. The molecule has 1 aromatic heterocycles. The summed E-state index contributed by atoms with van der Waals surface area (Å²) in [6, 6.07) is 17.3. The van der Waals surface area contributed by atoms with Crippen LogP contribution in [0.5, 0.6) is 5.75 Å². The van der Waals surface area contributed by atoms with Crippen LogP contribution in [-0.2, 0) is 6.18 Å². The van der Waals surface area contributed by atoms with Crippen LogP contribution in [-0.4, -0.2) is 16.9 Å². The van der Waals surface area contributed by atoms with Gasteiger partial charge in [-0.2, -0.15) is 13.2 Å². The fraction of sp³-hybridized carbons (Fsp3) is 0.0800. The SMILES string of the molecule is Cc1ccc(C(=O)Nc2ccc(OC(=O)c3cccc(C(F)(F)F)c3)c3cccnc23)cc1. The van der Waals surface area contributed by atoms with Gasteiger partial charge in [-0.25, -0.2) is 4.79 Å². The Labute approximate surface area is 186 Å². The van der Waals surface area contributed by atoms with E-state index >= 15 is 0 Å². The van der Waals surface area contributed by atoms with Gasteiger partial charge >= 0.3 is 12.1 Å². The van der Waals surface area contributed by atoms with Crippen molar-refractivity contribution in [2.45, 2.75) is 13.1 Å². The summed E-state index contributed by atoms with van der Waals surface area (Å²) in [5, 5.41) is 3.21. The van der Waals surface area contributed by atoms with Gasteiger partial charge in [0.2, 0.25) is 0 Å². The first-order valence-corrected chi connectivity index (χ1v) is 9.87. The molecule has 3 aromatic carbocycles. The Morgan fingerprint density at radius 1 is 0.909 bits per heavy atom. The quantitative estimate of drug-likeness (QED) is 0.304. The van der Waals surface area contributed by atoms with E-state index in [0.717, 1.165) is 23.8 Å². The Balaban J connectivity index is 1.62. The molecule has 1 amide bonds. The van der Waals surface area contributed by atoms with Crippen molar-refractivity contribution in [2.24, 2.45) is 0 Å². The highest BCUT2D eigenvalue weighted by atomic mass is 19.4. The Morgan fingerprint density at radius 2 is 1.67 bits per heavy atom. The van der Waals surface area contributed by atoms with Gasteiger partial charge in [-0.05, 0) is 61.5 Å². The second kappa shape index (κ2) is 8.74. The molecule has 1 N–H and O–H groups in total. The van der Waals surface area contributed by atoms with Crippen molar-refractivity contribution in [3.63, 3.8) is 0 Å². The molecule has 0 atom stereocenters. The first-order valence-electron chi connectivity index (χ1n) is 9.87. The summed E-state index contributed by atoms with van der Waals surface area (Å²) in [4.78, 5) is 29.4. The van der Waals surface area contributed by atoms with Crippen LogP contribution in [0.3, 0.4) is 0 Å². The Bertz CT molecular complexity index is 1350. The largest absolute Gasteiger partial charge is 0.422 e. The number of aryl methyl sites for hydroxylation is 1. The number of carbonyl (C=O) groups excluding carboxylic acids is 2. The number of nitrogens with one attached hydrogen (secondary N) is 1. The first-order chi connectivity index (χ1) is 15.7. The third kappa shape index (κ3) is 4.85. The van der Waals surface area contributed by atoms with Gasteiger partial charge < -0.3 is 10.1 Å². The van der Waals surface area contributed by atoms with Gasteiger partial charge in [0.25, 0.3) is 5.91 Å². The van der Waals surface area contributed by atoms with Crippen molar-refractivity contribution in [1.82, 2.24) is 4.98 Å². The molecular formula is C25H17F3N2O3. The monoisotopic (exact) mass is 450 g/mol. The molecule has 0 fully saturated rings. The lowest BCUT2D eigenvalue weighted by Gasteiger charge is -2.13. The molecule has 0 aliphatic rings. The van der Waals surface area contributed by atoms with Crippen molar-refractivity contribution in [2.75, 3.05) is 5.32 Å². The number of pyridine rings is 1. The lowest BCUT2D eigenvalue weighted by atomic mass is 10.1. The zero-order chi connectivity index (χ0) is 23.6. The van der Waals surface area contributed by atoms with Crippen LogP contribution >= 0.6 is 0 Å². The van der Waals surface area contributed by atoms with Gasteiger partial charge in [-0.15, -0.1) is 0 Å². The van der Waals surface area contributed by atoms with E-state index in [9.17, 15) is 22.8 Å². The average Bonchev–Trinajstić information content (AvgIpc) is 2.80. The van der Waals surface area contributed by atoms with Crippen LogP contribution in [0.25, 0.3) is 10.9 Å². The number of alkyl halides is 3. The second-order valence-electron chi connectivity index (χ2n) is 7.30. The van der Waals surface area contributed by atoms with Crippen LogP contribution in [0.4, 0.5) is 18.9 Å². The number of halogens is 3. The van der Waals surface area contributed by atoms with Gasteiger partial charge in [-0.1, -0.05) is 23.8 Å². The van der Waals surface area contributed by atoms with E-state index in [0.29, 0.717) is 22.2 Å². The molecule has 166 valence electrons. The molecule has 0 unspecified atom stereocenters. The van der Waals surface area contributed by atoms with E-state index in [2.05, 4.69) is 10.3 Å². The Hall–Kier alpha value is -4.20. The maximum atomic E-state index is 13.0. The molecular weight excluding hydrogens is 433 g/mol. The highest BCUT2D eigenvalue weighted by molar-refractivity contribution is 6.09. The van der Waals surface area contributed by atoms with Crippen LogP contribution in [0.1, 0.15) is 31.8 Å². The number of ether oxygens (including phenoxy) is 1. The molecule has 5 nitrogen and oxygen atoms in total. The van der Waals surface area contributed by atoms with E-state index in [1.54, 1.807) is 24.3 Å². The van der Waals surface area contributed by atoms with Crippen molar-refractivity contribution in [3.05, 3.63) is 101 Å². The standard InChI is InChI=1S/C25H17F3N2O3/c1-15-7-9-16(10-8-15)23(31)30-20-11-12-21(19-6-3-13-29-22(19)20)33-24(32)17-4-2-5-18(14-17)25(26,27)28/h2-14H,1H3,(H,30,31). The molecule has 4 aromatic rings.